The summed E-state index contributed by atoms with van der Waals surface area (Å²) >= 11 is 0. The van der Waals surface area contributed by atoms with Gasteiger partial charge in [0.25, 0.3) is 0 Å². The maximum absolute atomic E-state index is 10.2. The molecule has 0 rings (SSSR count). The van der Waals surface area contributed by atoms with Gasteiger partial charge in [0.1, 0.15) is 0 Å². The molecule has 0 heterocycles. The summed E-state index contributed by atoms with van der Waals surface area (Å²) in [7, 11) is 0. The SMILES string of the molecule is O=C(O)CCCCCCCCCCC(=O)O.[LiH]. The fourth-order valence-corrected chi connectivity index (χ4v) is 1.61. The fraction of sp³-hybridized carbons (Fsp3) is 0.833. The van der Waals surface area contributed by atoms with Gasteiger partial charge in [0.2, 0.25) is 0 Å². The van der Waals surface area contributed by atoms with Crippen molar-refractivity contribution in [3.05, 3.63) is 0 Å². The minimum atomic E-state index is -0.714. The second kappa shape index (κ2) is 13.6. The number of carboxylic acid groups (broad SMARTS) is 2. The molecule has 5 heteroatoms. The van der Waals surface area contributed by atoms with E-state index in [2.05, 4.69) is 0 Å². The molecule has 4 nitrogen and oxygen atoms in total. The monoisotopic (exact) mass is 238 g/mol. The molecule has 0 unspecified atom stereocenters. The second-order valence-electron chi connectivity index (χ2n) is 4.12. The molecule has 0 spiro atoms. The zero-order chi connectivity index (χ0) is 12.2. The van der Waals surface area contributed by atoms with E-state index in [1.165, 1.54) is 0 Å². The third-order valence-electron chi connectivity index (χ3n) is 2.53. The molecule has 0 aromatic heterocycles. The molecule has 0 amide bonds. The number of hydrogen-bond donors (Lipinski definition) is 2. The molecule has 0 aliphatic carbocycles. The van der Waals surface area contributed by atoms with Crippen molar-refractivity contribution in [2.24, 2.45) is 0 Å². The summed E-state index contributed by atoms with van der Waals surface area (Å²) in [6.07, 6.45) is 8.51. The van der Waals surface area contributed by atoms with Crippen LogP contribution in [-0.2, 0) is 9.59 Å². The second-order valence-corrected chi connectivity index (χ2v) is 4.12. The number of hydrogen-bond acceptors (Lipinski definition) is 2. The first-order valence-electron chi connectivity index (χ1n) is 6.06. The number of unbranched alkanes of at least 4 members (excludes halogenated alkanes) is 7. The summed E-state index contributed by atoms with van der Waals surface area (Å²) in [5.41, 5.74) is 0. The predicted octanol–water partition coefficient (Wildman–Crippen LogP) is 2.41. The van der Waals surface area contributed by atoms with Gasteiger partial charge in [-0.1, -0.05) is 38.5 Å². The van der Waals surface area contributed by atoms with Crippen molar-refractivity contribution in [2.75, 3.05) is 0 Å². The van der Waals surface area contributed by atoms with Crippen LogP contribution in [0.4, 0.5) is 0 Å². The van der Waals surface area contributed by atoms with Crippen LogP contribution in [0.3, 0.4) is 0 Å². The van der Waals surface area contributed by atoms with Crippen molar-refractivity contribution in [1.29, 1.82) is 0 Å². The molecule has 17 heavy (non-hydrogen) atoms. The van der Waals surface area contributed by atoms with Crippen LogP contribution in [-0.4, -0.2) is 41.0 Å². The Hall–Kier alpha value is -0.463. The zero-order valence-corrected chi connectivity index (χ0v) is 9.78. The molecular weight excluding hydrogens is 215 g/mol. The van der Waals surface area contributed by atoms with Crippen LogP contribution in [0.1, 0.15) is 64.2 Å². The third-order valence-corrected chi connectivity index (χ3v) is 2.53. The van der Waals surface area contributed by atoms with Crippen LogP contribution in [0.25, 0.3) is 0 Å². The number of carbonyl (C=O) groups is 2. The van der Waals surface area contributed by atoms with Crippen molar-refractivity contribution in [1.82, 2.24) is 0 Å². The summed E-state index contributed by atoms with van der Waals surface area (Å²) in [6.45, 7) is 0. The molecule has 0 saturated carbocycles. The molecule has 0 radical (unpaired) electrons. The first-order chi connectivity index (χ1) is 7.63. The summed E-state index contributed by atoms with van der Waals surface area (Å²) in [5.74, 6) is -1.43. The van der Waals surface area contributed by atoms with Gasteiger partial charge in [0.15, 0.2) is 0 Å². The molecule has 2 N–H and O–H groups in total. The molecule has 0 aromatic rings. The molecule has 0 aliphatic heterocycles. The van der Waals surface area contributed by atoms with E-state index >= 15 is 0 Å². The van der Waals surface area contributed by atoms with Gasteiger partial charge in [-0.3, -0.25) is 9.59 Å². The van der Waals surface area contributed by atoms with Gasteiger partial charge in [-0.2, -0.15) is 0 Å². The van der Waals surface area contributed by atoms with Gasteiger partial charge in [-0.05, 0) is 12.8 Å². The van der Waals surface area contributed by atoms with E-state index in [1.54, 1.807) is 0 Å². The van der Waals surface area contributed by atoms with Crippen molar-refractivity contribution in [3.63, 3.8) is 0 Å². The number of carboxylic acids is 2. The molecule has 0 saturated heterocycles. The van der Waals surface area contributed by atoms with Crippen LogP contribution in [0.5, 0.6) is 0 Å². The fourth-order valence-electron chi connectivity index (χ4n) is 1.61. The van der Waals surface area contributed by atoms with Gasteiger partial charge in [-0.25, -0.2) is 0 Å². The van der Waals surface area contributed by atoms with Gasteiger partial charge >= 0.3 is 30.8 Å². The molecule has 0 bridgehead atoms. The van der Waals surface area contributed by atoms with E-state index < -0.39 is 11.9 Å². The first kappa shape index (κ1) is 18.9. The number of rotatable bonds is 11. The normalized spacial score (nSPS) is 9.65. The Kier molecular flexibility index (Phi) is 15.1. The molecular formula is C12H23LiO4. The Morgan fingerprint density at radius 3 is 1.06 bits per heavy atom. The van der Waals surface area contributed by atoms with Gasteiger partial charge in [-0.15, -0.1) is 0 Å². The molecule has 96 valence electrons. The third kappa shape index (κ3) is 18.1. The van der Waals surface area contributed by atoms with E-state index in [1.807, 2.05) is 0 Å². The molecule has 0 atom stereocenters. The topological polar surface area (TPSA) is 74.6 Å². The van der Waals surface area contributed by atoms with Crippen molar-refractivity contribution < 1.29 is 19.8 Å². The Morgan fingerprint density at radius 2 is 0.824 bits per heavy atom. The molecule has 0 fully saturated rings. The summed E-state index contributed by atoms with van der Waals surface area (Å²) < 4.78 is 0. The van der Waals surface area contributed by atoms with Crippen molar-refractivity contribution in [3.8, 4) is 0 Å². The van der Waals surface area contributed by atoms with Crippen molar-refractivity contribution >= 4 is 30.8 Å². The zero-order valence-electron chi connectivity index (χ0n) is 9.78. The predicted molar refractivity (Wildman–Crippen MR) is 68.6 cm³/mol. The minimum absolute atomic E-state index is 0. The van der Waals surface area contributed by atoms with Gasteiger partial charge in [0.05, 0.1) is 0 Å². The molecule has 0 aliphatic rings. The summed E-state index contributed by atoms with van der Waals surface area (Å²) in [5, 5.41) is 16.8. The Labute approximate surface area is 115 Å². The van der Waals surface area contributed by atoms with Crippen LogP contribution in [0.2, 0.25) is 0 Å². The number of aliphatic carboxylic acids is 2. The summed E-state index contributed by atoms with van der Waals surface area (Å²) in [6, 6.07) is 0. The molecule has 0 aromatic carbocycles. The van der Waals surface area contributed by atoms with E-state index in [0.29, 0.717) is 0 Å². The Morgan fingerprint density at radius 1 is 0.588 bits per heavy atom. The first-order valence-corrected chi connectivity index (χ1v) is 6.06. The average Bonchev–Trinajstić information content (AvgIpc) is 2.20. The summed E-state index contributed by atoms with van der Waals surface area (Å²) in [4.78, 5) is 20.4. The van der Waals surface area contributed by atoms with E-state index in [9.17, 15) is 9.59 Å². The maximum atomic E-state index is 10.2. The Bertz CT molecular complexity index is 185. The quantitative estimate of drug-likeness (QED) is 0.428. The van der Waals surface area contributed by atoms with Crippen LogP contribution in [0, 0.1) is 0 Å². The van der Waals surface area contributed by atoms with Crippen LogP contribution < -0.4 is 0 Å². The van der Waals surface area contributed by atoms with Crippen molar-refractivity contribution in [2.45, 2.75) is 64.2 Å². The van der Waals surface area contributed by atoms with E-state index in [-0.39, 0.29) is 31.7 Å². The van der Waals surface area contributed by atoms with E-state index in [4.69, 9.17) is 10.2 Å². The van der Waals surface area contributed by atoms with Gasteiger partial charge in [0, 0.05) is 12.8 Å². The standard InChI is InChI=1S/C12H22O4.Li.H/c13-11(14)9-7-5-3-1-2-4-6-8-10-12(15)16;;/h1-10H2,(H,13,14)(H,15,16);;. The Balaban J connectivity index is 0. The van der Waals surface area contributed by atoms with Crippen LogP contribution >= 0.6 is 0 Å². The van der Waals surface area contributed by atoms with Gasteiger partial charge < -0.3 is 10.2 Å². The van der Waals surface area contributed by atoms with E-state index in [0.717, 1.165) is 51.4 Å². The van der Waals surface area contributed by atoms with Crippen LogP contribution in [0.15, 0.2) is 0 Å². The average molecular weight is 238 g/mol.